The van der Waals surface area contributed by atoms with Crippen molar-refractivity contribution in [3.63, 3.8) is 0 Å². The fraction of sp³-hybridized carbons (Fsp3) is 0.0690. The maximum Gasteiger partial charge on any atom is 0.0715 e. The molecule has 32 heavy (non-hydrogen) atoms. The van der Waals surface area contributed by atoms with Gasteiger partial charge in [-0.2, -0.15) is 0 Å². The number of allylic oxidation sites excluding steroid dienone is 4. The van der Waals surface area contributed by atoms with Crippen molar-refractivity contribution in [1.82, 2.24) is 4.98 Å². The third-order valence-electron chi connectivity index (χ3n) is 5.73. The lowest BCUT2D eigenvalue weighted by atomic mass is 9.89. The molecular weight excluding hydrogens is 522 g/mol. The van der Waals surface area contributed by atoms with Gasteiger partial charge in [0.25, 0.3) is 0 Å². The van der Waals surface area contributed by atoms with Crippen molar-refractivity contribution in [2.24, 2.45) is 0 Å². The van der Waals surface area contributed by atoms with E-state index in [0.29, 0.717) is 0 Å². The average molecular weight is 543 g/mol. The van der Waals surface area contributed by atoms with Crippen LogP contribution >= 0.6 is 31.9 Å². The largest absolute Gasteiger partial charge is 0.248 e. The highest BCUT2D eigenvalue weighted by Crippen LogP contribution is 2.35. The van der Waals surface area contributed by atoms with Crippen LogP contribution in [0.4, 0.5) is 0 Å². The molecule has 1 aromatic heterocycles. The number of halogens is 2. The summed E-state index contributed by atoms with van der Waals surface area (Å²) >= 11 is 7.21. The Morgan fingerprint density at radius 2 is 1.00 bits per heavy atom. The molecule has 3 heteroatoms. The molecule has 0 amide bonds. The summed E-state index contributed by atoms with van der Waals surface area (Å²) < 4.78 is 2.11. The minimum atomic E-state index is 0.984. The molecule has 0 bridgehead atoms. The van der Waals surface area contributed by atoms with E-state index in [0.717, 1.165) is 44.3 Å². The Labute approximate surface area is 205 Å². The fourth-order valence-electron chi connectivity index (χ4n) is 4.08. The van der Waals surface area contributed by atoms with Gasteiger partial charge in [0.05, 0.1) is 11.4 Å². The summed E-state index contributed by atoms with van der Waals surface area (Å²) in [6.07, 6.45) is 6.60. The van der Waals surface area contributed by atoms with Gasteiger partial charge in [-0.15, -0.1) is 0 Å². The predicted octanol–water partition coefficient (Wildman–Crippen LogP) is 9.20. The standard InChI is InChI=1S/C29H21Br2N/c30-26-10-4-8-23(16-26)28-18-25(19-29(32-28)24-9-5-11-27(31)17-24)22-14-12-21(13-15-22)20-6-2-1-3-7-20/h1-12,14,16-19H,13,15H2. The van der Waals surface area contributed by atoms with Gasteiger partial charge in [-0.05, 0) is 71.5 Å². The molecule has 0 N–H and O–H groups in total. The zero-order chi connectivity index (χ0) is 21.9. The van der Waals surface area contributed by atoms with Crippen LogP contribution in [-0.4, -0.2) is 4.98 Å². The van der Waals surface area contributed by atoms with Gasteiger partial charge in [0.2, 0.25) is 0 Å². The lowest BCUT2D eigenvalue weighted by Gasteiger charge is -2.17. The van der Waals surface area contributed by atoms with Gasteiger partial charge in [0, 0.05) is 20.1 Å². The topological polar surface area (TPSA) is 12.9 Å². The number of benzene rings is 3. The van der Waals surface area contributed by atoms with Gasteiger partial charge in [-0.3, -0.25) is 0 Å². The van der Waals surface area contributed by atoms with Crippen molar-refractivity contribution in [3.05, 3.63) is 123 Å². The van der Waals surface area contributed by atoms with E-state index in [1.807, 2.05) is 12.1 Å². The lowest BCUT2D eigenvalue weighted by molar-refractivity contribution is 1.07. The number of rotatable bonds is 4. The van der Waals surface area contributed by atoms with Gasteiger partial charge < -0.3 is 0 Å². The van der Waals surface area contributed by atoms with E-state index in [9.17, 15) is 0 Å². The molecule has 0 saturated heterocycles. The van der Waals surface area contributed by atoms with Crippen LogP contribution in [0.1, 0.15) is 24.0 Å². The van der Waals surface area contributed by atoms with Gasteiger partial charge in [-0.25, -0.2) is 4.98 Å². The van der Waals surface area contributed by atoms with Crippen LogP contribution in [0.15, 0.2) is 112 Å². The Hall–Kier alpha value is -2.75. The zero-order valence-electron chi connectivity index (χ0n) is 17.4. The second kappa shape index (κ2) is 9.40. The molecule has 1 aliphatic carbocycles. The Morgan fingerprint density at radius 1 is 0.500 bits per heavy atom. The summed E-state index contributed by atoms with van der Waals surface area (Å²) in [5.74, 6) is 0. The second-order valence-electron chi connectivity index (χ2n) is 7.90. The number of hydrogen-bond donors (Lipinski definition) is 0. The van der Waals surface area contributed by atoms with Crippen LogP contribution in [0.2, 0.25) is 0 Å². The van der Waals surface area contributed by atoms with Gasteiger partial charge in [0.1, 0.15) is 0 Å². The first-order valence-corrected chi connectivity index (χ1v) is 12.2. The third-order valence-corrected chi connectivity index (χ3v) is 6.72. The summed E-state index contributed by atoms with van der Waals surface area (Å²) in [6, 6.07) is 31.8. The minimum absolute atomic E-state index is 0.984. The monoisotopic (exact) mass is 541 g/mol. The number of hydrogen-bond acceptors (Lipinski definition) is 1. The van der Waals surface area contributed by atoms with Gasteiger partial charge in [-0.1, -0.05) is 98.6 Å². The van der Waals surface area contributed by atoms with Crippen molar-refractivity contribution in [3.8, 4) is 22.5 Å². The molecule has 0 atom stereocenters. The molecule has 1 heterocycles. The van der Waals surface area contributed by atoms with Gasteiger partial charge >= 0.3 is 0 Å². The van der Waals surface area contributed by atoms with Crippen molar-refractivity contribution >= 4 is 43.0 Å². The van der Waals surface area contributed by atoms with Crippen LogP contribution in [0, 0.1) is 0 Å². The van der Waals surface area contributed by atoms with Crippen molar-refractivity contribution < 1.29 is 0 Å². The highest BCUT2D eigenvalue weighted by atomic mass is 79.9. The van der Waals surface area contributed by atoms with Crippen LogP contribution in [0.25, 0.3) is 33.7 Å². The first-order valence-electron chi connectivity index (χ1n) is 10.7. The molecule has 0 saturated carbocycles. The molecule has 1 aliphatic rings. The van der Waals surface area contributed by atoms with E-state index in [1.165, 1.54) is 22.3 Å². The summed E-state index contributed by atoms with van der Waals surface area (Å²) in [6.45, 7) is 0. The minimum Gasteiger partial charge on any atom is -0.248 e. The molecule has 0 unspecified atom stereocenters. The Bertz CT molecular complexity index is 1270. The summed E-state index contributed by atoms with van der Waals surface area (Å²) in [4.78, 5) is 5.03. The molecule has 5 rings (SSSR count). The fourth-order valence-corrected chi connectivity index (χ4v) is 4.88. The Morgan fingerprint density at radius 3 is 1.50 bits per heavy atom. The smallest absolute Gasteiger partial charge is 0.0715 e. The zero-order valence-corrected chi connectivity index (χ0v) is 20.6. The molecular formula is C29H21Br2N. The van der Waals surface area contributed by atoms with Crippen LogP contribution in [0.3, 0.4) is 0 Å². The summed E-state index contributed by atoms with van der Waals surface area (Å²) in [5.41, 5.74) is 9.46. The first kappa shape index (κ1) is 21.1. The maximum absolute atomic E-state index is 5.03. The maximum atomic E-state index is 5.03. The van der Waals surface area contributed by atoms with Crippen molar-refractivity contribution in [1.29, 1.82) is 0 Å². The Kier molecular flexibility index (Phi) is 6.20. The molecule has 156 valence electrons. The quantitative estimate of drug-likeness (QED) is 0.250. The molecule has 4 aromatic rings. The molecule has 0 aliphatic heterocycles. The highest BCUT2D eigenvalue weighted by Gasteiger charge is 2.14. The summed E-state index contributed by atoms with van der Waals surface area (Å²) in [5, 5.41) is 0. The molecule has 3 aromatic carbocycles. The first-order chi connectivity index (χ1) is 15.7. The van der Waals surface area contributed by atoms with E-state index in [1.54, 1.807) is 0 Å². The van der Waals surface area contributed by atoms with Crippen molar-refractivity contribution in [2.45, 2.75) is 12.8 Å². The third kappa shape index (κ3) is 4.69. The van der Waals surface area contributed by atoms with Crippen LogP contribution in [0.5, 0.6) is 0 Å². The molecule has 1 nitrogen and oxygen atoms in total. The Balaban J connectivity index is 1.60. The van der Waals surface area contributed by atoms with E-state index >= 15 is 0 Å². The molecule has 0 radical (unpaired) electrons. The summed E-state index contributed by atoms with van der Waals surface area (Å²) in [7, 11) is 0. The van der Waals surface area contributed by atoms with Crippen LogP contribution in [-0.2, 0) is 0 Å². The lowest BCUT2D eigenvalue weighted by Crippen LogP contribution is -1.97. The number of aromatic nitrogens is 1. The second-order valence-corrected chi connectivity index (χ2v) is 9.73. The highest BCUT2D eigenvalue weighted by molar-refractivity contribution is 9.10. The van der Waals surface area contributed by atoms with Crippen LogP contribution < -0.4 is 0 Å². The van der Waals surface area contributed by atoms with Crippen molar-refractivity contribution in [2.75, 3.05) is 0 Å². The normalized spacial score (nSPS) is 13.4. The average Bonchev–Trinajstić information content (AvgIpc) is 2.84. The SMILES string of the molecule is Brc1cccc(-c2cc(C3=CC=C(c4ccccc4)CC3)cc(-c3cccc(Br)c3)n2)c1. The van der Waals surface area contributed by atoms with E-state index in [4.69, 9.17) is 4.98 Å². The number of nitrogens with zero attached hydrogens (tertiary/aromatic N) is 1. The molecule has 0 fully saturated rings. The van der Waals surface area contributed by atoms with E-state index < -0.39 is 0 Å². The van der Waals surface area contributed by atoms with E-state index in [2.05, 4.69) is 123 Å². The predicted molar refractivity (Wildman–Crippen MR) is 142 cm³/mol. The van der Waals surface area contributed by atoms with Gasteiger partial charge in [0.15, 0.2) is 0 Å². The molecule has 0 spiro atoms. The van der Waals surface area contributed by atoms with E-state index in [-0.39, 0.29) is 0 Å². The number of pyridine rings is 1.